The summed E-state index contributed by atoms with van der Waals surface area (Å²) in [5.41, 5.74) is 0.683. The Morgan fingerprint density at radius 1 is 1.32 bits per heavy atom. The number of halogens is 1. The number of urea groups is 1. The minimum atomic E-state index is -0.0394. The molecule has 2 heterocycles. The van der Waals surface area contributed by atoms with Gasteiger partial charge < -0.3 is 15.5 Å². The number of hydrogen-bond acceptors (Lipinski definition) is 2. The van der Waals surface area contributed by atoms with Crippen LogP contribution in [0.3, 0.4) is 0 Å². The fourth-order valence-corrected chi connectivity index (χ4v) is 3.18. The fourth-order valence-electron chi connectivity index (χ4n) is 2.99. The van der Waals surface area contributed by atoms with Crippen LogP contribution in [-0.2, 0) is 0 Å². The van der Waals surface area contributed by atoms with Crippen LogP contribution in [0.5, 0.6) is 0 Å². The molecule has 0 spiro atoms. The summed E-state index contributed by atoms with van der Waals surface area (Å²) in [5, 5.41) is 6.87. The second-order valence-electron chi connectivity index (χ2n) is 5.33. The van der Waals surface area contributed by atoms with Crippen LogP contribution >= 0.6 is 11.6 Å². The zero-order valence-corrected chi connectivity index (χ0v) is 11.5. The Kier molecular flexibility index (Phi) is 3.62. The van der Waals surface area contributed by atoms with Crippen molar-refractivity contribution >= 4 is 23.3 Å². The number of fused-ring (bicyclic) bond motifs is 1. The van der Waals surface area contributed by atoms with Crippen molar-refractivity contribution in [3.63, 3.8) is 0 Å². The van der Waals surface area contributed by atoms with Crippen LogP contribution in [0.1, 0.15) is 6.42 Å². The molecule has 19 heavy (non-hydrogen) atoms. The fraction of sp³-hybridized carbons (Fsp3) is 0.500. The van der Waals surface area contributed by atoms with Crippen molar-refractivity contribution in [1.29, 1.82) is 0 Å². The molecule has 1 aromatic carbocycles. The van der Waals surface area contributed by atoms with Gasteiger partial charge in [0.15, 0.2) is 0 Å². The van der Waals surface area contributed by atoms with Crippen LogP contribution in [0.15, 0.2) is 24.3 Å². The molecule has 0 bridgehead atoms. The van der Waals surface area contributed by atoms with E-state index >= 15 is 0 Å². The summed E-state index contributed by atoms with van der Waals surface area (Å²) in [5.74, 6) is 1.25. The van der Waals surface area contributed by atoms with Gasteiger partial charge in [-0.05, 0) is 43.5 Å². The molecular formula is C14H18ClN3O. The SMILES string of the molecule is O=C(Nc1ccccc1Cl)N1CC2CCNCC2C1. The Morgan fingerprint density at radius 2 is 2.11 bits per heavy atom. The van der Waals surface area contributed by atoms with E-state index < -0.39 is 0 Å². The summed E-state index contributed by atoms with van der Waals surface area (Å²) in [6.07, 6.45) is 1.17. The van der Waals surface area contributed by atoms with E-state index in [1.54, 1.807) is 6.07 Å². The minimum absolute atomic E-state index is 0.0394. The third-order valence-corrected chi connectivity index (χ3v) is 4.41. The van der Waals surface area contributed by atoms with E-state index in [-0.39, 0.29) is 6.03 Å². The van der Waals surface area contributed by atoms with Crippen molar-refractivity contribution in [3.8, 4) is 0 Å². The van der Waals surface area contributed by atoms with Gasteiger partial charge in [-0.3, -0.25) is 0 Å². The first-order valence-electron chi connectivity index (χ1n) is 6.75. The number of anilines is 1. The number of nitrogens with one attached hydrogen (secondary N) is 2. The molecule has 2 fully saturated rings. The molecule has 1 aromatic rings. The van der Waals surface area contributed by atoms with Gasteiger partial charge in [-0.15, -0.1) is 0 Å². The van der Waals surface area contributed by atoms with Crippen molar-refractivity contribution in [3.05, 3.63) is 29.3 Å². The van der Waals surface area contributed by atoms with Crippen molar-refractivity contribution in [2.24, 2.45) is 11.8 Å². The lowest BCUT2D eigenvalue weighted by Gasteiger charge is -2.23. The topological polar surface area (TPSA) is 44.4 Å². The third-order valence-electron chi connectivity index (χ3n) is 4.08. The maximum Gasteiger partial charge on any atom is 0.321 e. The van der Waals surface area contributed by atoms with Crippen molar-refractivity contribution in [2.75, 3.05) is 31.5 Å². The predicted molar refractivity (Wildman–Crippen MR) is 76.5 cm³/mol. The molecule has 2 unspecified atom stereocenters. The summed E-state index contributed by atoms with van der Waals surface area (Å²) in [6.45, 7) is 3.80. The lowest BCUT2D eigenvalue weighted by atomic mass is 9.90. The average Bonchev–Trinajstić information content (AvgIpc) is 2.85. The molecule has 2 atom stereocenters. The monoisotopic (exact) mass is 279 g/mol. The zero-order chi connectivity index (χ0) is 13.2. The average molecular weight is 280 g/mol. The second kappa shape index (κ2) is 5.39. The lowest BCUT2D eigenvalue weighted by Crippen LogP contribution is -2.35. The maximum atomic E-state index is 12.2. The molecule has 102 valence electrons. The molecule has 4 nitrogen and oxygen atoms in total. The van der Waals surface area contributed by atoms with Gasteiger partial charge in [0.1, 0.15) is 0 Å². The normalized spacial score (nSPS) is 26.1. The van der Waals surface area contributed by atoms with Crippen LogP contribution in [0.2, 0.25) is 5.02 Å². The van der Waals surface area contributed by atoms with E-state index in [1.165, 1.54) is 6.42 Å². The summed E-state index contributed by atoms with van der Waals surface area (Å²) in [4.78, 5) is 14.2. The largest absolute Gasteiger partial charge is 0.324 e. The van der Waals surface area contributed by atoms with E-state index in [4.69, 9.17) is 11.6 Å². The van der Waals surface area contributed by atoms with E-state index in [0.717, 1.165) is 26.2 Å². The zero-order valence-electron chi connectivity index (χ0n) is 10.7. The van der Waals surface area contributed by atoms with Gasteiger partial charge in [-0.1, -0.05) is 23.7 Å². The van der Waals surface area contributed by atoms with Gasteiger partial charge in [0, 0.05) is 13.1 Å². The Morgan fingerprint density at radius 3 is 2.89 bits per heavy atom. The second-order valence-corrected chi connectivity index (χ2v) is 5.74. The number of benzene rings is 1. The summed E-state index contributed by atoms with van der Waals surface area (Å²) >= 11 is 6.05. The number of hydrogen-bond donors (Lipinski definition) is 2. The van der Waals surface area contributed by atoms with Gasteiger partial charge in [0.25, 0.3) is 0 Å². The maximum absolute atomic E-state index is 12.2. The highest BCUT2D eigenvalue weighted by molar-refractivity contribution is 6.33. The molecule has 2 aliphatic rings. The third kappa shape index (κ3) is 2.69. The minimum Gasteiger partial charge on any atom is -0.324 e. The molecule has 2 saturated heterocycles. The lowest BCUT2D eigenvalue weighted by molar-refractivity contribution is 0.220. The summed E-state index contributed by atoms with van der Waals surface area (Å²) in [7, 11) is 0. The number of likely N-dealkylation sites (tertiary alicyclic amines) is 1. The molecule has 2 amide bonds. The number of carbonyl (C=O) groups excluding carboxylic acids is 1. The van der Waals surface area contributed by atoms with Crippen LogP contribution in [0.4, 0.5) is 10.5 Å². The summed E-state index contributed by atoms with van der Waals surface area (Å²) in [6, 6.07) is 7.29. The van der Waals surface area contributed by atoms with Crippen molar-refractivity contribution in [1.82, 2.24) is 10.2 Å². The van der Waals surface area contributed by atoms with Gasteiger partial charge in [0.05, 0.1) is 10.7 Å². The van der Waals surface area contributed by atoms with Crippen LogP contribution < -0.4 is 10.6 Å². The molecule has 2 aliphatic heterocycles. The highest BCUT2D eigenvalue weighted by Crippen LogP contribution is 2.29. The highest BCUT2D eigenvalue weighted by Gasteiger charge is 2.36. The molecule has 2 N–H and O–H groups in total. The first-order chi connectivity index (χ1) is 9.24. The van der Waals surface area contributed by atoms with E-state index in [2.05, 4.69) is 10.6 Å². The molecule has 0 radical (unpaired) electrons. The van der Waals surface area contributed by atoms with E-state index in [9.17, 15) is 4.79 Å². The van der Waals surface area contributed by atoms with Gasteiger partial charge in [0.2, 0.25) is 0 Å². The van der Waals surface area contributed by atoms with Crippen LogP contribution in [0.25, 0.3) is 0 Å². The molecular weight excluding hydrogens is 262 g/mol. The Labute approximate surface area is 118 Å². The number of para-hydroxylation sites is 1. The van der Waals surface area contributed by atoms with Crippen LogP contribution in [0, 0.1) is 11.8 Å². The van der Waals surface area contributed by atoms with Gasteiger partial charge in [-0.2, -0.15) is 0 Å². The Hall–Kier alpha value is -1.26. The van der Waals surface area contributed by atoms with Crippen LogP contribution in [-0.4, -0.2) is 37.1 Å². The summed E-state index contributed by atoms with van der Waals surface area (Å²) < 4.78 is 0. The smallest absolute Gasteiger partial charge is 0.321 e. The number of amides is 2. The Balaban J connectivity index is 1.64. The van der Waals surface area contributed by atoms with E-state index in [0.29, 0.717) is 22.5 Å². The molecule has 5 heteroatoms. The molecule has 0 aromatic heterocycles. The van der Waals surface area contributed by atoms with Crippen molar-refractivity contribution in [2.45, 2.75) is 6.42 Å². The number of piperidine rings is 1. The van der Waals surface area contributed by atoms with Crippen molar-refractivity contribution < 1.29 is 4.79 Å². The molecule has 0 saturated carbocycles. The quantitative estimate of drug-likeness (QED) is 0.829. The van der Waals surface area contributed by atoms with E-state index in [1.807, 2.05) is 23.1 Å². The molecule has 3 rings (SSSR count). The Bertz CT molecular complexity index is 466. The number of rotatable bonds is 1. The standard InChI is InChI=1S/C14H18ClN3O/c15-12-3-1-2-4-13(12)17-14(19)18-8-10-5-6-16-7-11(10)9-18/h1-4,10-11,16H,5-9H2,(H,17,19). The first kappa shape index (κ1) is 12.8. The predicted octanol–water partition coefficient (Wildman–Crippen LogP) is 2.41. The number of carbonyl (C=O) groups is 1. The highest BCUT2D eigenvalue weighted by atomic mass is 35.5. The first-order valence-corrected chi connectivity index (χ1v) is 7.13. The molecule has 0 aliphatic carbocycles. The number of nitrogens with zero attached hydrogens (tertiary/aromatic N) is 1. The van der Waals surface area contributed by atoms with Gasteiger partial charge >= 0.3 is 6.03 Å². The van der Waals surface area contributed by atoms with Gasteiger partial charge in [-0.25, -0.2) is 4.79 Å².